The molecule has 0 saturated carbocycles. The van der Waals surface area contributed by atoms with Crippen molar-refractivity contribution in [1.82, 2.24) is 4.90 Å². The van der Waals surface area contributed by atoms with Crippen LogP contribution in [0.3, 0.4) is 0 Å². The van der Waals surface area contributed by atoms with Crippen molar-refractivity contribution in [3.05, 3.63) is 22.4 Å². The average molecular weight is 283 g/mol. The number of amides is 1. The van der Waals surface area contributed by atoms with E-state index in [2.05, 4.69) is 0 Å². The first-order valence-corrected chi connectivity index (χ1v) is 7.29. The van der Waals surface area contributed by atoms with E-state index in [-0.39, 0.29) is 18.9 Å². The van der Waals surface area contributed by atoms with Gasteiger partial charge in [0.25, 0.3) is 5.91 Å². The number of rotatable bonds is 5. The van der Waals surface area contributed by atoms with Crippen molar-refractivity contribution in [1.29, 1.82) is 0 Å². The Morgan fingerprint density at radius 3 is 2.78 bits per heavy atom. The van der Waals surface area contributed by atoms with Crippen LogP contribution in [0.25, 0.3) is 9.40 Å². The zero-order valence-corrected chi connectivity index (χ0v) is 11.5. The second-order valence-electron chi connectivity index (χ2n) is 3.79. The number of fused-ring (bicyclic) bond motifs is 1. The molecule has 2 aromatic rings. The summed E-state index contributed by atoms with van der Waals surface area (Å²) >= 11 is 3.07. The van der Waals surface area contributed by atoms with Crippen LogP contribution in [0.2, 0.25) is 0 Å². The molecule has 1 N–H and O–H groups in total. The highest BCUT2D eigenvalue weighted by atomic mass is 32.1. The third-order valence-electron chi connectivity index (χ3n) is 2.61. The van der Waals surface area contributed by atoms with E-state index in [1.807, 2.05) is 24.4 Å². The summed E-state index contributed by atoms with van der Waals surface area (Å²) in [5, 5.41) is 10.7. The highest BCUT2D eigenvalue weighted by Gasteiger charge is 2.17. The second kappa shape index (κ2) is 5.49. The van der Waals surface area contributed by atoms with Gasteiger partial charge in [0.15, 0.2) is 0 Å². The summed E-state index contributed by atoms with van der Waals surface area (Å²) in [6.45, 7) is 2.64. The fraction of sp³-hybridized carbons (Fsp3) is 0.333. The maximum atomic E-state index is 12.2. The number of carboxylic acids is 1. The van der Waals surface area contributed by atoms with Gasteiger partial charge in [0.05, 0.1) is 11.3 Å². The Hall–Kier alpha value is -1.40. The van der Waals surface area contributed by atoms with Crippen molar-refractivity contribution < 1.29 is 14.7 Å². The summed E-state index contributed by atoms with van der Waals surface area (Å²) in [4.78, 5) is 25.0. The van der Waals surface area contributed by atoms with Crippen molar-refractivity contribution in [2.24, 2.45) is 0 Å². The van der Waals surface area contributed by atoms with E-state index < -0.39 is 5.97 Å². The van der Waals surface area contributed by atoms with Gasteiger partial charge in [-0.15, -0.1) is 22.7 Å². The molecule has 6 heteroatoms. The predicted molar refractivity (Wildman–Crippen MR) is 73.5 cm³/mol. The molecule has 0 aliphatic heterocycles. The van der Waals surface area contributed by atoms with E-state index >= 15 is 0 Å². The molecular formula is C12H13NO3S2. The van der Waals surface area contributed by atoms with E-state index in [4.69, 9.17) is 5.11 Å². The van der Waals surface area contributed by atoms with E-state index in [0.717, 1.165) is 9.40 Å². The summed E-state index contributed by atoms with van der Waals surface area (Å²) in [6, 6.07) is 3.88. The van der Waals surface area contributed by atoms with Crippen LogP contribution in [-0.4, -0.2) is 35.0 Å². The summed E-state index contributed by atoms with van der Waals surface area (Å²) < 4.78 is 2.22. The topological polar surface area (TPSA) is 57.6 Å². The number of nitrogens with zero attached hydrogens (tertiary/aromatic N) is 1. The van der Waals surface area contributed by atoms with Gasteiger partial charge in [0.2, 0.25) is 0 Å². The summed E-state index contributed by atoms with van der Waals surface area (Å²) in [5.41, 5.74) is 0. The molecule has 0 unspecified atom stereocenters. The fourth-order valence-corrected chi connectivity index (χ4v) is 3.74. The molecule has 2 rings (SSSR count). The number of aliphatic carboxylic acids is 1. The van der Waals surface area contributed by atoms with Gasteiger partial charge in [0, 0.05) is 22.5 Å². The molecule has 0 aromatic carbocycles. The first kappa shape index (κ1) is 13.0. The first-order chi connectivity index (χ1) is 8.61. The third kappa shape index (κ3) is 2.70. The van der Waals surface area contributed by atoms with Gasteiger partial charge in [-0.25, -0.2) is 0 Å². The molecule has 0 atom stereocenters. The Labute approximate surface area is 112 Å². The van der Waals surface area contributed by atoms with Crippen LogP contribution in [-0.2, 0) is 4.79 Å². The van der Waals surface area contributed by atoms with Gasteiger partial charge in [-0.1, -0.05) is 0 Å². The maximum Gasteiger partial charge on any atom is 0.305 e. The number of carboxylic acid groups (broad SMARTS) is 1. The Morgan fingerprint density at radius 1 is 1.39 bits per heavy atom. The number of hydrogen-bond acceptors (Lipinski definition) is 4. The lowest BCUT2D eigenvalue weighted by Gasteiger charge is -2.18. The van der Waals surface area contributed by atoms with E-state index in [1.165, 1.54) is 11.3 Å². The number of carbonyl (C=O) groups is 2. The van der Waals surface area contributed by atoms with Crippen LogP contribution in [0.5, 0.6) is 0 Å². The molecule has 1 amide bonds. The molecule has 0 bridgehead atoms. The number of carbonyl (C=O) groups excluding carboxylic acids is 1. The minimum absolute atomic E-state index is 0.0146. The monoisotopic (exact) mass is 283 g/mol. The molecule has 0 spiro atoms. The Bertz CT molecular complexity index is 544. The van der Waals surface area contributed by atoms with Crippen LogP contribution in [0, 0.1) is 0 Å². The minimum atomic E-state index is -0.881. The Morgan fingerprint density at radius 2 is 2.17 bits per heavy atom. The molecule has 0 saturated heterocycles. The van der Waals surface area contributed by atoms with Crippen molar-refractivity contribution in [3.63, 3.8) is 0 Å². The lowest BCUT2D eigenvalue weighted by molar-refractivity contribution is -0.137. The van der Waals surface area contributed by atoms with Crippen LogP contribution in [0.4, 0.5) is 0 Å². The van der Waals surface area contributed by atoms with Gasteiger partial charge >= 0.3 is 5.97 Å². The number of thiophene rings is 2. The molecular weight excluding hydrogens is 270 g/mol. The zero-order chi connectivity index (χ0) is 13.1. The van der Waals surface area contributed by atoms with Crippen molar-refractivity contribution in [2.45, 2.75) is 13.3 Å². The molecule has 18 heavy (non-hydrogen) atoms. The molecule has 0 aliphatic rings. The molecule has 0 fully saturated rings. The van der Waals surface area contributed by atoms with Crippen LogP contribution < -0.4 is 0 Å². The van der Waals surface area contributed by atoms with Crippen LogP contribution in [0.15, 0.2) is 17.5 Å². The highest BCUT2D eigenvalue weighted by Crippen LogP contribution is 2.30. The number of hydrogen-bond donors (Lipinski definition) is 1. The predicted octanol–water partition coefficient (Wildman–Crippen LogP) is 2.90. The molecule has 0 radical (unpaired) electrons. The summed E-state index contributed by atoms with van der Waals surface area (Å²) in [5.74, 6) is -0.958. The molecule has 96 valence electrons. The smallest absolute Gasteiger partial charge is 0.305 e. The first-order valence-electron chi connectivity index (χ1n) is 5.60. The summed E-state index contributed by atoms with van der Waals surface area (Å²) in [6.07, 6.45) is -0.0146. The fourth-order valence-electron chi connectivity index (χ4n) is 1.66. The largest absolute Gasteiger partial charge is 0.481 e. The van der Waals surface area contributed by atoms with Gasteiger partial charge in [0.1, 0.15) is 0 Å². The standard InChI is InChI=1S/C12H13NO3S2/c1-2-13(5-3-11(14)15)12(16)10-7-9-8(18-10)4-6-17-9/h4,6-7H,2-3,5H2,1H3,(H,14,15). The lowest BCUT2D eigenvalue weighted by atomic mass is 10.3. The Balaban J connectivity index is 2.13. The van der Waals surface area contributed by atoms with E-state index in [9.17, 15) is 9.59 Å². The summed E-state index contributed by atoms with van der Waals surface area (Å²) in [7, 11) is 0. The van der Waals surface area contributed by atoms with Crippen molar-refractivity contribution in [3.8, 4) is 0 Å². The molecule has 0 aliphatic carbocycles. The van der Waals surface area contributed by atoms with Crippen LogP contribution in [0.1, 0.15) is 23.0 Å². The second-order valence-corrected chi connectivity index (χ2v) is 5.82. The van der Waals surface area contributed by atoms with Crippen LogP contribution >= 0.6 is 22.7 Å². The third-order valence-corrected chi connectivity index (χ3v) is 4.70. The quantitative estimate of drug-likeness (QED) is 0.918. The highest BCUT2D eigenvalue weighted by molar-refractivity contribution is 7.27. The SMILES string of the molecule is CCN(CCC(=O)O)C(=O)c1cc2sccc2s1. The Kier molecular flexibility index (Phi) is 3.98. The van der Waals surface area contributed by atoms with E-state index in [0.29, 0.717) is 11.4 Å². The van der Waals surface area contributed by atoms with Gasteiger partial charge in [-0.2, -0.15) is 0 Å². The maximum absolute atomic E-state index is 12.2. The van der Waals surface area contributed by atoms with Gasteiger partial charge in [-0.3, -0.25) is 9.59 Å². The molecule has 4 nitrogen and oxygen atoms in total. The van der Waals surface area contributed by atoms with Gasteiger partial charge in [-0.05, 0) is 24.4 Å². The molecule has 2 aromatic heterocycles. The normalized spacial score (nSPS) is 10.7. The average Bonchev–Trinajstić information content (AvgIpc) is 2.88. The molecule has 2 heterocycles. The van der Waals surface area contributed by atoms with Crippen molar-refractivity contribution >= 4 is 43.9 Å². The van der Waals surface area contributed by atoms with Gasteiger partial charge < -0.3 is 10.0 Å². The zero-order valence-electron chi connectivity index (χ0n) is 9.88. The van der Waals surface area contributed by atoms with Crippen molar-refractivity contribution in [2.75, 3.05) is 13.1 Å². The lowest BCUT2D eigenvalue weighted by Crippen LogP contribution is -2.32. The minimum Gasteiger partial charge on any atom is -0.481 e. The van der Waals surface area contributed by atoms with E-state index in [1.54, 1.807) is 16.2 Å².